The van der Waals surface area contributed by atoms with Crippen LogP contribution in [0.2, 0.25) is 0 Å². The molecule has 2 unspecified atom stereocenters. The zero-order valence-corrected chi connectivity index (χ0v) is 9.63. The molecule has 0 amide bonds. The molecule has 1 fully saturated rings. The van der Waals surface area contributed by atoms with E-state index in [2.05, 4.69) is 16.5 Å². The smallest absolute Gasteiger partial charge is 0.335 e. The highest BCUT2D eigenvalue weighted by Crippen LogP contribution is 2.46. The van der Waals surface area contributed by atoms with Gasteiger partial charge in [0.2, 0.25) is 0 Å². The van der Waals surface area contributed by atoms with Crippen LogP contribution in [-0.2, 0) is 0 Å². The van der Waals surface area contributed by atoms with Crippen molar-refractivity contribution in [2.45, 2.75) is 25.8 Å². The summed E-state index contributed by atoms with van der Waals surface area (Å²) in [6.45, 7) is 2.20. The van der Waals surface area contributed by atoms with Crippen molar-refractivity contribution in [2.75, 3.05) is 0 Å². The van der Waals surface area contributed by atoms with Gasteiger partial charge in [0.15, 0.2) is 0 Å². The molecular weight excluding hydrogens is 216 g/mol. The average Bonchev–Trinajstić information content (AvgIpc) is 2.99. The summed E-state index contributed by atoms with van der Waals surface area (Å²) in [6.07, 6.45) is 4.23. The fourth-order valence-corrected chi connectivity index (χ4v) is 2.44. The molecule has 1 aliphatic carbocycles. The van der Waals surface area contributed by atoms with Crippen LogP contribution in [0.3, 0.4) is 0 Å². The van der Waals surface area contributed by atoms with Gasteiger partial charge in [-0.05, 0) is 30.5 Å². The van der Waals surface area contributed by atoms with Crippen LogP contribution in [0.5, 0.6) is 0 Å². The molecule has 1 N–H and O–H groups in total. The molecule has 1 aromatic carbocycles. The number of nitrogens with zero attached hydrogens (tertiary/aromatic N) is 2. The Kier molecular flexibility index (Phi) is 2.18. The molecule has 2 aromatic rings. The lowest BCUT2D eigenvalue weighted by Crippen LogP contribution is -1.97. The first-order valence-electron chi connectivity index (χ1n) is 5.90. The minimum absolute atomic E-state index is 0.297. The van der Waals surface area contributed by atoms with Crippen molar-refractivity contribution < 1.29 is 9.90 Å². The van der Waals surface area contributed by atoms with Gasteiger partial charge in [0, 0.05) is 6.04 Å². The molecule has 17 heavy (non-hydrogen) atoms. The second-order valence-corrected chi connectivity index (χ2v) is 4.63. The Morgan fingerprint density at radius 2 is 2.41 bits per heavy atom. The van der Waals surface area contributed by atoms with Gasteiger partial charge in [0.05, 0.1) is 22.9 Å². The third kappa shape index (κ3) is 1.60. The first-order valence-corrected chi connectivity index (χ1v) is 5.90. The number of benzene rings is 1. The Balaban J connectivity index is 2.03. The third-order valence-electron chi connectivity index (χ3n) is 3.59. The largest absolute Gasteiger partial charge is 0.478 e. The predicted octanol–water partition coefficient (Wildman–Crippen LogP) is 2.71. The lowest BCUT2D eigenvalue weighted by atomic mass is 10.2. The summed E-state index contributed by atoms with van der Waals surface area (Å²) in [5, 5.41) is 8.92. The van der Waals surface area contributed by atoms with Crippen molar-refractivity contribution in [3.8, 4) is 0 Å². The summed E-state index contributed by atoms with van der Waals surface area (Å²) in [6, 6.07) is 5.70. The topological polar surface area (TPSA) is 55.1 Å². The van der Waals surface area contributed by atoms with Crippen LogP contribution >= 0.6 is 0 Å². The fraction of sp³-hybridized carbons (Fsp3) is 0.385. The minimum Gasteiger partial charge on any atom is -0.478 e. The predicted molar refractivity (Wildman–Crippen MR) is 64.1 cm³/mol. The van der Waals surface area contributed by atoms with Gasteiger partial charge in [-0.2, -0.15) is 0 Å². The highest BCUT2D eigenvalue weighted by Gasteiger charge is 2.37. The Labute approximate surface area is 98.9 Å². The van der Waals surface area contributed by atoms with Gasteiger partial charge in [-0.15, -0.1) is 0 Å². The van der Waals surface area contributed by atoms with E-state index in [-0.39, 0.29) is 0 Å². The van der Waals surface area contributed by atoms with Gasteiger partial charge < -0.3 is 9.67 Å². The van der Waals surface area contributed by atoms with Crippen molar-refractivity contribution in [2.24, 2.45) is 5.92 Å². The number of carbonyl (C=O) groups is 1. The number of carboxylic acid groups (broad SMARTS) is 1. The maximum atomic E-state index is 10.9. The number of imidazole rings is 1. The maximum Gasteiger partial charge on any atom is 0.335 e. The quantitative estimate of drug-likeness (QED) is 0.882. The summed E-state index contributed by atoms with van der Waals surface area (Å²) in [5.74, 6) is -0.147. The van der Waals surface area contributed by atoms with Crippen LogP contribution < -0.4 is 0 Å². The fourth-order valence-electron chi connectivity index (χ4n) is 2.44. The molecule has 1 aliphatic rings. The molecule has 1 saturated carbocycles. The molecule has 1 heterocycles. The van der Waals surface area contributed by atoms with Crippen LogP contribution in [0.4, 0.5) is 0 Å². The van der Waals surface area contributed by atoms with E-state index in [4.69, 9.17) is 5.11 Å². The monoisotopic (exact) mass is 230 g/mol. The summed E-state index contributed by atoms with van der Waals surface area (Å²) in [5.41, 5.74) is 2.10. The molecular formula is C13H14N2O2. The van der Waals surface area contributed by atoms with E-state index >= 15 is 0 Å². The molecule has 0 radical (unpaired) electrons. The number of hydrogen-bond donors (Lipinski definition) is 1. The number of aromatic carboxylic acids is 1. The third-order valence-corrected chi connectivity index (χ3v) is 3.59. The molecule has 0 saturated heterocycles. The summed E-state index contributed by atoms with van der Waals surface area (Å²) < 4.78 is 2.18. The van der Waals surface area contributed by atoms with Crippen molar-refractivity contribution in [3.63, 3.8) is 0 Å². The normalized spacial score (nSPS) is 22.9. The van der Waals surface area contributed by atoms with Crippen molar-refractivity contribution in [3.05, 3.63) is 30.1 Å². The van der Waals surface area contributed by atoms with E-state index < -0.39 is 5.97 Å². The number of aromatic nitrogens is 2. The molecule has 0 spiro atoms. The Bertz CT molecular complexity index is 588. The maximum absolute atomic E-state index is 10.9. The first kappa shape index (κ1) is 10.3. The summed E-state index contributed by atoms with van der Waals surface area (Å²) in [4.78, 5) is 15.2. The zero-order chi connectivity index (χ0) is 12.0. The summed E-state index contributed by atoms with van der Waals surface area (Å²) >= 11 is 0. The Hall–Kier alpha value is -1.84. The summed E-state index contributed by atoms with van der Waals surface area (Å²) in [7, 11) is 0. The van der Waals surface area contributed by atoms with E-state index in [1.807, 2.05) is 12.4 Å². The van der Waals surface area contributed by atoms with E-state index in [9.17, 15) is 4.79 Å². The van der Waals surface area contributed by atoms with Gasteiger partial charge in [-0.1, -0.05) is 13.3 Å². The highest BCUT2D eigenvalue weighted by molar-refractivity contribution is 5.92. The minimum atomic E-state index is -0.903. The molecule has 0 aliphatic heterocycles. The number of hydrogen-bond acceptors (Lipinski definition) is 2. The SMILES string of the molecule is CCC1CC1n1cnc2cc(C(=O)O)ccc21. The van der Waals surface area contributed by atoms with Crippen LogP contribution in [0.15, 0.2) is 24.5 Å². The lowest BCUT2D eigenvalue weighted by molar-refractivity contribution is 0.0697. The molecule has 3 rings (SSSR count). The van der Waals surface area contributed by atoms with Crippen LogP contribution in [-0.4, -0.2) is 20.6 Å². The van der Waals surface area contributed by atoms with Gasteiger partial charge in [0.25, 0.3) is 0 Å². The van der Waals surface area contributed by atoms with E-state index in [0.717, 1.165) is 17.0 Å². The molecule has 88 valence electrons. The second kappa shape index (κ2) is 3.58. The van der Waals surface area contributed by atoms with E-state index in [1.54, 1.807) is 12.1 Å². The average molecular weight is 230 g/mol. The van der Waals surface area contributed by atoms with Gasteiger partial charge >= 0.3 is 5.97 Å². The molecule has 4 heteroatoms. The van der Waals surface area contributed by atoms with E-state index in [1.165, 1.54) is 12.8 Å². The van der Waals surface area contributed by atoms with Gasteiger partial charge in [-0.3, -0.25) is 0 Å². The van der Waals surface area contributed by atoms with Gasteiger partial charge in [0.1, 0.15) is 0 Å². The number of rotatable bonds is 3. The van der Waals surface area contributed by atoms with E-state index in [0.29, 0.717) is 11.6 Å². The van der Waals surface area contributed by atoms with Crippen molar-refractivity contribution in [1.82, 2.24) is 9.55 Å². The number of fused-ring (bicyclic) bond motifs is 1. The lowest BCUT2D eigenvalue weighted by Gasteiger charge is -2.02. The first-order chi connectivity index (χ1) is 8.20. The second-order valence-electron chi connectivity index (χ2n) is 4.63. The molecule has 4 nitrogen and oxygen atoms in total. The highest BCUT2D eigenvalue weighted by atomic mass is 16.4. The van der Waals surface area contributed by atoms with Crippen LogP contribution in [0.1, 0.15) is 36.2 Å². The van der Waals surface area contributed by atoms with Crippen molar-refractivity contribution >= 4 is 17.0 Å². The molecule has 0 bridgehead atoms. The Morgan fingerprint density at radius 3 is 3.06 bits per heavy atom. The Morgan fingerprint density at radius 1 is 1.59 bits per heavy atom. The van der Waals surface area contributed by atoms with Crippen LogP contribution in [0, 0.1) is 5.92 Å². The zero-order valence-electron chi connectivity index (χ0n) is 9.63. The molecule has 1 aromatic heterocycles. The number of carboxylic acids is 1. The van der Waals surface area contributed by atoms with Crippen LogP contribution in [0.25, 0.3) is 11.0 Å². The van der Waals surface area contributed by atoms with Gasteiger partial charge in [-0.25, -0.2) is 9.78 Å². The van der Waals surface area contributed by atoms with Crippen molar-refractivity contribution in [1.29, 1.82) is 0 Å². The standard InChI is InChI=1S/C13H14N2O2/c1-2-8-6-12(8)15-7-14-10-5-9(13(16)17)3-4-11(10)15/h3-5,7-8,12H,2,6H2,1H3,(H,16,17). The molecule has 2 atom stereocenters.